The van der Waals surface area contributed by atoms with Crippen LogP contribution in [-0.2, 0) is 9.47 Å². The number of ether oxygens (including phenoxy) is 4. The first-order chi connectivity index (χ1) is 9.65. The third-order valence-corrected chi connectivity index (χ3v) is 2.89. The first-order valence-electron chi connectivity index (χ1n) is 5.97. The fourth-order valence-electron chi connectivity index (χ4n) is 1.80. The molecule has 1 heterocycles. The van der Waals surface area contributed by atoms with Gasteiger partial charge in [0.15, 0.2) is 13.6 Å². The second kappa shape index (κ2) is 6.69. The van der Waals surface area contributed by atoms with Crippen LogP contribution >= 0.6 is 12.2 Å². The van der Waals surface area contributed by atoms with E-state index in [0.29, 0.717) is 21.6 Å². The Hall–Kier alpha value is -1.63. The van der Waals surface area contributed by atoms with Crippen LogP contribution in [0, 0.1) is 11.4 Å². The quantitative estimate of drug-likeness (QED) is 0.601. The van der Waals surface area contributed by atoms with Crippen LogP contribution in [0.1, 0.15) is 5.76 Å². The molecule has 0 N–H and O–H groups in total. The molecule has 0 aliphatic heterocycles. The van der Waals surface area contributed by atoms with E-state index in [1.54, 1.807) is 32.4 Å². The molecule has 0 aliphatic rings. The topological polar surface area (TPSA) is 50.1 Å². The molecule has 0 spiro atoms. The van der Waals surface area contributed by atoms with Crippen molar-refractivity contribution in [1.29, 1.82) is 0 Å². The van der Waals surface area contributed by atoms with Gasteiger partial charge in [-0.25, -0.2) is 0 Å². The van der Waals surface area contributed by atoms with Gasteiger partial charge < -0.3 is 23.4 Å². The molecule has 0 atom stereocenters. The lowest BCUT2D eigenvalue weighted by atomic mass is 10.2. The van der Waals surface area contributed by atoms with E-state index in [2.05, 4.69) is 0 Å². The van der Waals surface area contributed by atoms with Crippen molar-refractivity contribution in [3.05, 3.63) is 28.5 Å². The fraction of sp³-hybridized carbons (Fsp3) is 0.357. The predicted molar refractivity (Wildman–Crippen MR) is 76.8 cm³/mol. The van der Waals surface area contributed by atoms with E-state index in [9.17, 15) is 0 Å². The van der Waals surface area contributed by atoms with Gasteiger partial charge in [0.25, 0.3) is 0 Å². The van der Waals surface area contributed by atoms with E-state index < -0.39 is 0 Å². The van der Waals surface area contributed by atoms with Gasteiger partial charge in [-0.05, 0) is 13.0 Å². The second-order valence-corrected chi connectivity index (χ2v) is 4.56. The third-order valence-electron chi connectivity index (χ3n) is 2.57. The van der Waals surface area contributed by atoms with Gasteiger partial charge in [0.1, 0.15) is 22.8 Å². The largest absolute Gasteiger partial charge is 0.467 e. The van der Waals surface area contributed by atoms with Gasteiger partial charge in [0, 0.05) is 26.4 Å². The van der Waals surface area contributed by atoms with Crippen molar-refractivity contribution in [1.82, 2.24) is 0 Å². The minimum atomic E-state index is 0.117. The highest BCUT2D eigenvalue weighted by atomic mass is 32.1. The molecule has 0 aliphatic carbocycles. The SMILES string of the molecule is COCOc1cc(OCOC)c2c(=S)cc(C)oc2c1. The number of methoxy groups -OCH3 is 2. The Morgan fingerprint density at radius 2 is 1.75 bits per heavy atom. The molecule has 0 fully saturated rings. The highest BCUT2D eigenvalue weighted by molar-refractivity contribution is 7.71. The lowest BCUT2D eigenvalue weighted by molar-refractivity contribution is 0.0467. The van der Waals surface area contributed by atoms with Crippen LogP contribution in [0.15, 0.2) is 22.6 Å². The summed E-state index contributed by atoms with van der Waals surface area (Å²) in [5.74, 6) is 1.86. The summed E-state index contributed by atoms with van der Waals surface area (Å²) in [5.41, 5.74) is 0.606. The van der Waals surface area contributed by atoms with Crippen LogP contribution in [0.3, 0.4) is 0 Å². The molecule has 2 rings (SSSR count). The van der Waals surface area contributed by atoms with E-state index >= 15 is 0 Å². The van der Waals surface area contributed by atoms with Crippen molar-refractivity contribution in [3.63, 3.8) is 0 Å². The molecule has 0 unspecified atom stereocenters. The molecule has 0 saturated carbocycles. The molecule has 0 bridgehead atoms. The van der Waals surface area contributed by atoms with E-state index in [1.165, 1.54) is 0 Å². The van der Waals surface area contributed by atoms with Crippen LogP contribution in [0.5, 0.6) is 11.5 Å². The maximum Gasteiger partial charge on any atom is 0.188 e. The number of benzene rings is 1. The maximum absolute atomic E-state index is 5.68. The normalized spacial score (nSPS) is 10.8. The van der Waals surface area contributed by atoms with Gasteiger partial charge in [-0.1, -0.05) is 12.2 Å². The van der Waals surface area contributed by atoms with Crippen molar-refractivity contribution in [2.24, 2.45) is 0 Å². The monoisotopic (exact) mass is 296 g/mol. The van der Waals surface area contributed by atoms with Crippen molar-refractivity contribution in [2.75, 3.05) is 27.8 Å². The van der Waals surface area contributed by atoms with Crippen LogP contribution in [0.2, 0.25) is 0 Å². The molecule has 20 heavy (non-hydrogen) atoms. The number of aryl methyl sites for hydroxylation is 1. The highest BCUT2D eigenvalue weighted by Crippen LogP contribution is 2.33. The summed E-state index contributed by atoms with van der Waals surface area (Å²) in [7, 11) is 3.11. The van der Waals surface area contributed by atoms with Crippen LogP contribution in [0.25, 0.3) is 11.0 Å². The molecule has 0 saturated heterocycles. The molecular formula is C14H16O5S. The summed E-state index contributed by atoms with van der Waals surface area (Å²) in [6, 6.07) is 5.28. The predicted octanol–water partition coefficient (Wildman–Crippen LogP) is 3.44. The van der Waals surface area contributed by atoms with E-state index in [4.69, 9.17) is 35.6 Å². The smallest absolute Gasteiger partial charge is 0.188 e. The third kappa shape index (κ3) is 3.27. The lowest BCUT2D eigenvalue weighted by Gasteiger charge is -2.12. The van der Waals surface area contributed by atoms with Gasteiger partial charge in [-0.15, -0.1) is 0 Å². The van der Waals surface area contributed by atoms with Gasteiger partial charge in [-0.2, -0.15) is 0 Å². The fourth-order valence-corrected chi connectivity index (χ4v) is 2.16. The first kappa shape index (κ1) is 14.8. The summed E-state index contributed by atoms with van der Waals surface area (Å²) in [4.78, 5) is 0. The standard InChI is InChI=1S/C14H16O5S/c1-9-4-13(20)14-11(18-8-16-3)5-10(17-7-15-2)6-12(14)19-9/h4-6H,7-8H2,1-3H3. The van der Waals surface area contributed by atoms with E-state index in [1.807, 2.05) is 6.92 Å². The van der Waals surface area contributed by atoms with Gasteiger partial charge in [-0.3, -0.25) is 0 Å². The van der Waals surface area contributed by atoms with E-state index in [0.717, 1.165) is 11.1 Å². The Balaban J connectivity index is 2.55. The minimum Gasteiger partial charge on any atom is -0.467 e. The zero-order valence-corrected chi connectivity index (χ0v) is 12.4. The molecule has 0 amide bonds. The number of hydrogen-bond acceptors (Lipinski definition) is 6. The van der Waals surface area contributed by atoms with Crippen LogP contribution in [0.4, 0.5) is 0 Å². The van der Waals surface area contributed by atoms with Crippen molar-refractivity contribution < 1.29 is 23.4 Å². The molecule has 0 radical (unpaired) electrons. The summed E-state index contributed by atoms with van der Waals surface area (Å²) in [6.07, 6.45) is 0. The van der Waals surface area contributed by atoms with Crippen molar-refractivity contribution >= 4 is 23.2 Å². The molecule has 1 aromatic carbocycles. The van der Waals surface area contributed by atoms with Gasteiger partial charge >= 0.3 is 0 Å². The Morgan fingerprint density at radius 3 is 2.45 bits per heavy atom. The molecular weight excluding hydrogens is 280 g/mol. The lowest BCUT2D eigenvalue weighted by Crippen LogP contribution is -2.02. The maximum atomic E-state index is 5.68. The Bertz CT molecular complexity index is 650. The Labute approximate surface area is 122 Å². The number of rotatable bonds is 6. The van der Waals surface area contributed by atoms with Gasteiger partial charge in [0.2, 0.25) is 0 Å². The summed E-state index contributed by atoms with van der Waals surface area (Å²) in [5, 5.41) is 0.729. The van der Waals surface area contributed by atoms with Gasteiger partial charge in [0.05, 0.1) is 9.90 Å². The average Bonchev–Trinajstić information content (AvgIpc) is 2.41. The number of fused-ring (bicyclic) bond motifs is 1. The Morgan fingerprint density at radius 1 is 1.05 bits per heavy atom. The van der Waals surface area contributed by atoms with Crippen LogP contribution < -0.4 is 9.47 Å². The highest BCUT2D eigenvalue weighted by Gasteiger charge is 2.11. The molecule has 2 aromatic rings. The first-order valence-corrected chi connectivity index (χ1v) is 6.38. The summed E-state index contributed by atoms with van der Waals surface area (Å²) < 4.78 is 27.1. The molecule has 108 valence electrons. The Kier molecular flexibility index (Phi) is 4.94. The minimum absolute atomic E-state index is 0.117. The molecule has 5 nitrogen and oxygen atoms in total. The zero-order chi connectivity index (χ0) is 14.5. The molecule has 6 heteroatoms. The number of hydrogen-bond donors (Lipinski definition) is 0. The second-order valence-electron chi connectivity index (χ2n) is 4.12. The summed E-state index contributed by atoms with van der Waals surface area (Å²) >= 11 is 5.36. The van der Waals surface area contributed by atoms with Crippen molar-refractivity contribution in [2.45, 2.75) is 6.92 Å². The average molecular weight is 296 g/mol. The van der Waals surface area contributed by atoms with Crippen molar-refractivity contribution in [3.8, 4) is 11.5 Å². The summed E-state index contributed by atoms with van der Waals surface area (Å²) in [6.45, 7) is 2.10. The molecule has 1 aromatic heterocycles. The zero-order valence-electron chi connectivity index (χ0n) is 11.6. The van der Waals surface area contributed by atoms with Crippen LogP contribution in [-0.4, -0.2) is 27.8 Å². The van der Waals surface area contributed by atoms with E-state index in [-0.39, 0.29) is 13.6 Å².